The lowest BCUT2D eigenvalue weighted by Crippen LogP contribution is -2.42. The van der Waals surface area contributed by atoms with E-state index in [1.54, 1.807) is 43.6 Å². The summed E-state index contributed by atoms with van der Waals surface area (Å²) in [5.41, 5.74) is 1.70. The summed E-state index contributed by atoms with van der Waals surface area (Å²) in [6, 6.07) is 13.0. The summed E-state index contributed by atoms with van der Waals surface area (Å²) >= 11 is 0. The van der Waals surface area contributed by atoms with Crippen molar-refractivity contribution in [3.8, 4) is 11.8 Å². The largest absolute Gasteiger partial charge is 0.481 e. The smallest absolute Gasteiger partial charge is 0.263 e. The highest BCUT2D eigenvalue weighted by molar-refractivity contribution is 5.81. The minimum Gasteiger partial charge on any atom is -0.481 e. The number of carbonyl (C=O) groups is 1. The average molecular weight is 349 g/mol. The van der Waals surface area contributed by atoms with Crippen molar-refractivity contribution < 1.29 is 9.53 Å². The van der Waals surface area contributed by atoms with Gasteiger partial charge in [-0.05, 0) is 61.7 Å². The van der Waals surface area contributed by atoms with Crippen LogP contribution in [0.15, 0.2) is 48.8 Å². The van der Waals surface area contributed by atoms with E-state index in [9.17, 15) is 4.79 Å². The SMILES string of the molecule is C[C@@H](Oc1ccc(C#N)cc1)C(=O)N1CCCCC[C@@H]1c1ccncc1. The normalized spacial score (nSPS) is 18.5. The van der Waals surface area contributed by atoms with E-state index in [1.165, 1.54) is 0 Å². The monoisotopic (exact) mass is 349 g/mol. The van der Waals surface area contributed by atoms with Gasteiger partial charge in [0.15, 0.2) is 6.10 Å². The van der Waals surface area contributed by atoms with Crippen LogP contribution in [0, 0.1) is 11.3 Å². The summed E-state index contributed by atoms with van der Waals surface area (Å²) in [4.78, 5) is 19.1. The van der Waals surface area contributed by atoms with Crippen molar-refractivity contribution in [1.29, 1.82) is 5.26 Å². The van der Waals surface area contributed by atoms with Crippen LogP contribution in [-0.4, -0.2) is 28.4 Å². The molecule has 1 aliphatic rings. The molecule has 1 amide bonds. The van der Waals surface area contributed by atoms with Crippen molar-refractivity contribution in [2.75, 3.05) is 6.54 Å². The van der Waals surface area contributed by atoms with Crippen LogP contribution < -0.4 is 4.74 Å². The fraction of sp³-hybridized carbons (Fsp3) is 0.381. The number of amides is 1. The number of nitrogens with zero attached hydrogens (tertiary/aromatic N) is 3. The summed E-state index contributed by atoms with van der Waals surface area (Å²) < 4.78 is 5.84. The van der Waals surface area contributed by atoms with E-state index in [-0.39, 0.29) is 11.9 Å². The molecule has 0 unspecified atom stereocenters. The van der Waals surface area contributed by atoms with Crippen molar-refractivity contribution in [1.82, 2.24) is 9.88 Å². The molecule has 2 atom stereocenters. The van der Waals surface area contributed by atoms with Gasteiger partial charge in [0.25, 0.3) is 5.91 Å². The summed E-state index contributed by atoms with van der Waals surface area (Å²) in [5.74, 6) is 0.596. The molecule has 26 heavy (non-hydrogen) atoms. The molecule has 1 fully saturated rings. The second-order valence-corrected chi connectivity index (χ2v) is 6.57. The van der Waals surface area contributed by atoms with Crippen LogP contribution in [0.5, 0.6) is 5.75 Å². The van der Waals surface area contributed by atoms with Gasteiger partial charge in [0.1, 0.15) is 5.75 Å². The van der Waals surface area contributed by atoms with Gasteiger partial charge in [0.2, 0.25) is 0 Å². The molecule has 0 spiro atoms. The molecule has 3 rings (SSSR count). The maximum Gasteiger partial charge on any atom is 0.263 e. The lowest BCUT2D eigenvalue weighted by atomic mass is 10.0. The molecule has 1 saturated heterocycles. The van der Waals surface area contributed by atoms with E-state index in [1.807, 2.05) is 17.0 Å². The van der Waals surface area contributed by atoms with Crippen LogP contribution in [0.4, 0.5) is 0 Å². The Kier molecular flexibility index (Phi) is 5.85. The van der Waals surface area contributed by atoms with Crippen LogP contribution in [0.1, 0.15) is 49.8 Å². The van der Waals surface area contributed by atoms with Gasteiger partial charge in [-0.3, -0.25) is 9.78 Å². The van der Waals surface area contributed by atoms with Crippen molar-refractivity contribution in [3.05, 3.63) is 59.9 Å². The average Bonchev–Trinajstić information content (AvgIpc) is 2.94. The molecule has 5 heteroatoms. The summed E-state index contributed by atoms with van der Waals surface area (Å²) in [6.07, 6.45) is 7.19. The number of hydrogen-bond acceptors (Lipinski definition) is 4. The number of rotatable bonds is 4. The fourth-order valence-corrected chi connectivity index (χ4v) is 3.40. The molecule has 5 nitrogen and oxygen atoms in total. The van der Waals surface area contributed by atoms with Gasteiger partial charge < -0.3 is 9.64 Å². The van der Waals surface area contributed by atoms with E-state index in [0.717, 1.165) is 37.8 Å². The Labute approximate surface area is 154 Å². The third kappa shape index (κ3) is 4.20. The predicted molar refractivity (Wildman–Crippen MR) is 98.4 cm³/mol. The van der Waals surface area contributed by atoms with Crippen LogP contribution in [0.2, 0.25) is 0 Å². The number of benzene rings is 1. The molecule has 0 radical (unpaired) electrons. The third-order valence-electron chi connectivity index (χ3n) is 4.77. The van der Waals surface area contributed by atoms with E-state index in [2.05, 4.69) is 11.1 Å². The topological polar surface area (TPSA) is 66.2 Å². The first-order valence-corrected chi connectivity index (χ1v) is 9.06. The molecule has 0 N–H and O–H groups in total. The standard InChI is InChI=1S/C21H23N3O2/c1-16(26-19-8-6-17(15-22)7-9-19)21(25)24-14-4-2-3-5-20(24)18-10-12-23-13-11-18/h6-13,16,20H,2-5,14H2,1H3/t16-,20-/m1/s1. The summed E-state index contributed by atoms with van der Waals surface area (Å²) in [7, 11) is 0. The zero-order valence-corrected chi connectivity index (χ0v) is 15.0. The fourth-order valence-electron chi connectivity index (χ4n) is 3.40. The molecule has 2 aromatic rings. The van der Waals surface area contributed by atoms with Gasteiger partial charge >= 0.3 is 0 Å². The van der Waals surface area contributed by atoms with Crippen LogP contribution in [0.25, 0.3) is 0 Å². The van der Waals surface area contributed by atoms with E-state index in [4.69, 9.17) is 10.00 Å². The Bertz CT molecular complexity index is 768. The van der Waals surface area contributed by atoms with Crippen LogP contribution >= 0.6 is 0 Å². The molecule has 1 aromatic heterocycles. The lowest BCUT2D eigenvalue weighted by molar-refractivity contribution is -0.140. The highest BCUT2D eigenvalue weighted by Crippen LogP contribution is 2.30. The molecule has 0 aliphatic carbocycles. The van der Waals surface area contributed by atoms with E-state index < -0.39 is 6.10 Å². The first kappa shape index (κ1) is 17.9. The number of likely N-dealkylation sites (tertiary alicyclic amines) is 1. The Hall–Kier alpha value is -2.87. The maximum atomic E-state index is 13.1. The Morgan fingerprint density at radius 2 is 1.92 bits per heavy atom. The molecular formula is C21H23N3O2. The van der Waals surface area contributed by atoms with Gasteiger partial charge in [0, 0.05) is 18.9 Å². The van der Waals surface area contributed by atoms with E-state index >= 15 is 0 Å². The third-order valence-corrected chi connectivity index (χ3v) is 4.77. The predicted octanol–water partition coefficient (Wildman–Crippen LogP) is 3.86. The Morgan fingerprint density at radius 3 is 2.62 bits per heavy atom. The number of aromatic nitrogens is 1. The molecule has 2 heterocycles. The molecular weight excluding hydrogens is 326 g/mol. The minimum atomic E-state index is -0.578. The number of hydrogen-bond donors (Lipinski definition) is 0. The first-order valence-electron chi connectivity index (χ1n) is 9.06. The van der Waals surface area contributed by atoms with Crippen molar-refractivity contribution in [2.24, 2.45) is 0 Å². The molecule has 0 bridgehead atoms. The quantitative estimate of drug-likeness (QED) is 0.840. The second kappa shape index (κ2) is 8.48. The number of carbonyl (C=O) groups excluding carboxylic acids is 1. The van der Waals surface area contributed by atoms with Crippen molar-refractivity contribution in [3.63, 3.8) is 0 Å². The van der Waals surface area contributed by atoms with Gasteiger partial charge in [-0.2, -0.15) is 5.26 Å². The minimum absolute atomic E-state index is 0.00179. The number of nitriles is 1. The van der Waals surface area contributed by atoms with Gasteiger partial charge in [0.05, 0.1) is 17.7 Å². The summed E-state index contributed by atoms with van der Waals surface area (Å²) in [5, 5.41) is 8.88. The lowest BCUT2D eigenvalue weighted by Gasteiger charge is -2.32. The maximum absolute atomic E-state index is 13.1. The van der Waals surface area contributed by atoms with Crippen molar-refractivity contribution in [2.45, 2.75) is 44.8 Å². The zero-order chi connectivity index (χ0) is 18.4. The van der Waals surface area contributed by atoms with Crippen LogP contribution in [-0.2, 0) is 4.79 Å². The Balaban J connectivity index is 1.75. The Morgan fingerprint density at radius 1 is 1.19 bits per heavy atom. The second-order valence-electron chi connectivity index (χ2n) is 6.57. The van der Waals surface area contributed by atoms with E-state index in [0.29, 0.717) is 11.3 Å². The highest BCUT2D eigenvalue weighted by atomic mass is 16.5. The van der Waals surface area contributed by atoms with Gasteiger partial charge in [-0.15, -0.1) is 0 Å². The number of pyridine rings is 1. The molecule has 134 valence electrons. The summed E-state index contributed by atoms with van der Waals surface area (Å²) in [6.45, 7) is 2.53. The van der Waals surface area contributed by atoms with Crippen LogP contribution in [0.3, 0.4) is 0 Å². The molecule has 1 aromatic carbocycles. The zero-order valence-electron chi connectivity index (χ0n) is 15.0. The van der Waals surface area contributed by atoms with Crippen molar-refractivity contribution >= 4 is 5.91 Å². The first-order chi connectivity index (χ1) is 12.7. The molecule has 1 aliphatic heterocycles. The molecule has 0 saturated carbocycles. The highest BCUT2D eigenvalue weighted by Gasteiger charge is 2.30. The van der Waals surface area contributed by atoms with Gasteiger partial charge in [-0.1, -0.05) is 12.8 Å². The van der Waals surface area contributed by atoms with Gasteiger partial charge in [-0.25, -0.2) is 0 Å². The number of ether oxygens (including phenoxy) is 1.